The lowest BCUT2D eigenvalue weighted by molar-refractivity contribution is -0.122. The second kappa shape index (κ2) is 6.85. The van der Waals surface area contributed by atoms with E-state index in [0.717, 1.165) is 6.42 Å². The smallest absolute Gasteiger partial charge is 0.220 e. The lowest BCUT2D eigenvalue weighted by Gasteiger charge is -2.13. The summed E-state index contributed by atoms with van der Waals surface area (Å²) in [6, 6.07) is -0.0951. The molecule has 1 amide bonds. The zero-order chi connectivity index (χ0) is 9.40. The molecule has 0 heterocycles. The summed E-state index contributed by atoms with van der Waals surface area (Å²) in [5, 5.41) is 11.5. The topological polar surface area (TPSA) is 49.3 Å². The summed E-state index contributed by atoms with van der Waals surface area (Å²) in [7, 11) is 0. The van der Waals surface area contributed by atoms with E-state index in [1.165, 1.54) is 0 Å². The predicted molar refractivity (Wildman–Crippen MR) is 48.7 cm³/mol. The van der Waals surface area contributed by atoms with Crippen molar-refractivity contribution >= 4 is 5.91 Å². The van der Waals surface area contributed by atoms with Crippen LogP contribution in [0.5, 0.6) is 0 Å². The maximum absolute atomic E-state index is 11.1. The number of carbonyl (C=O) groups is 1. The summed E-state index contributed by atoms with van der Waals surface area (Å²) in [5.41, 5.74) is 0. The molecule has 3 heteroatoms. The van der Waals surface area contributed by atoms with Gasteiger partial charge in [0.25, 0.3) is 0 Å². The van der Waals surface area contributed by atoms with E-state index in [2.05, 4.69) is 11.9 Å². The molecule has 0 aliphatic rings. The van der Waals surface area contributed by atoms with E-state index >= 15 is 0 Å². The van der Waals surface area contributed by atoms with Crippen LogP contribution in [-0.2, 0) is 4.79 Å². The fourth-order valence-corrected chi connectivity index (χ4v) is 0.810. The molecular formula is C9H17NO2. The van der Waals surface area contributed by atoms with Crippen LogP contribution in [0.3, 0.4) is 0 Å². The van der Waals surface area contributed by atoms with E-state index < -0.39 is 0 Å². The summed E-state index contributed by atoms with van der Waals surface area (Å²) in [6.45, 7) is 5.46. The molecule has 0 aromatic heterocycles. The quantitative estimate of drug-likeness (QED) is 0.582. The first kappa shape index (κ1) is 11.2. The minimum absolute atomic E-state index is 0.0102. The maximum atomic E-state index is 11.1. The van der Waals surface area contributed by atoms with Crippen LogP contribution < -0.4 is 5.32 Å². The van der Waals surface area contributed by atoms with Gasteiger partial charge >= 0.3 is 0 Å². The second-order valence-corrected chi connectivity index (χ2v) is 2.68. The summed E-state index contributed by atoms with van der Waals surface area (Å²) in [5.74, 6) is -0.0178. The Labute approximate surface area is 73.5 Å². The number of aliphatic hydroxyl groups is 1. The first-order valence-electron chi connectivity index (χ1n) is 4.25. The molecule has 12 heavy (non-hydrogen) atoms. The third-order valence-electron chi connectivity index (χ3n) is 1.65. The molecule has 0 saturated carbocycles. The molecule has 0 radical (unpaired) electrons. The Kier molecular flexibility index (Phi) is 6.38. The SMILES string of the molecule is C=CCCC(=O)NC(CC)CO. The third kappa shape index (κ3) is 4.91. The van der Waals surface area contributed by atoms with Gasteiger partial charge in [-0.1, -0.05) is 13.0 Å². The molecular weight excluding hydrogens is 154 g/mol. The van der Waals surface area contributed by atoms with Crippen LogP contribution in [0.2, 0.25) is 0 Å². The second-order valence-electron chi connectivity index (χ2n) is 2.68. The number of carbonyl (C=O) groups excluding carboxylic acids is 1. The number of allylic oxidation sites excluding steroid dienone is 1. The minimum Gasteiger partial charge on any atom is -0.394 e. The highest BCUT2D eigenvalue weighted by Crippen LogP contribution is 1.93. The van der Waals surface area contributed by atoms with Gasteiger partial charge in [-0.05, 0) is 12.8 Å². The van der Waals surface area contributed by atoms with E-state index in [1.807, 2.05) is 6.92 Å². The highest BCUT2D eigenvalue weighted by molar-refractivity contribution is 5.76. The molecule has 1 atom stereocenters. The highest BCUT2D eigenvalue weighted by Gasteiger charge is 2.07. The van der Waals surface area contributed by atoms with E-state index in [9.17, 15) is 4.79 Å². The molecule has 0 aromatic rings. The van der Waals surface area contributed by atoms with Gasteiger partial charge in [0, 0.05) is 6.42 Å². The average Bonchev–Trinajstić information content (AvgIpc) is 2.10. The fraction of sp³-hybridized carbons (Fsp3) is 0.667. The van der Waals surface area contributed by atoms with Crippen molar-refractivity contribution in [2.24, 2.45) is 0 Å². The zero-order valence-electron chi connectivity index (χ0n) is 7.55. The van der Waals surface area contributed by atoms with Crippen molar-refractivity contribution in [3.8, 4) is 0 Å². The first-order chi connectivity index (χ1) is 5.74. The van der Waals surface area contributed by atoms with Gasteiger partial charge in [0.1, 0.15) is 0 Å². The van der Waals surface area contributed by atoms with Crippen LogP contribution in [0.4, 0.5) is 0 Å². The van der Waals surface area contributed by atoms with Crippen molar-refractivity contribution in [1.29, 1.82) is 0 Å². The van der Waals surface area contributed by atoms with Crippen LogP contribution in [0.15, 0.2) is 12.7 Å². The van der Waals surface area contributed by atoms with Gasteiger partial charge in [0.15, 0.2) is 0 Å². The van der Waals surface area contributed by atoms with Gasteiger partial charge in [0.2, 0.25) is 5.91 Å². The molecule has 0 bridgehead atoms. The van der Waals surface area contributed by atoms with E-state index in [4.69, 9.17) is 5.11 Å². The molecule has 0 rings (SSSR count). The van der Waals surface area contributed by atoms with Crippen molar-refractivity contribution in [3.05, 3.63) is 12.7 Å². The molecule has 0 spiro atoms. The van der Waals surface area contributed by atoms with Gasteiger partial charge < -0.3 is 10.4 Å². The lowest BCUT2D eigenvalue weighted by Crippen LogP contribution is -2.36. The van der Waals surface area contributed by atoms with Crippen molar-refractivity contribution < 1.29 is 9.90 Å². The van der Waals surface area contributed by atoms with Gasteiger partial charge in [-0.3, -0.25) is 4.79 Å². The molecule has 2 N–H and O–H groups in total. The average molecular weight is 171 g/mol. The Bertz CT molecular complexity index is 141. The number of aliphatic hydroxyl groups excluding tert-OH is 1. The van der Waals surface area contributed by atoms with Crippen LogP contribution in [0, 0.1) is 0 Å². The number of nitrogens with one attached hydrogen (secondary N) is 1. The first-order valence-corrected chi connectivity index (χ1v) is 4.25. The van der Waals surface area contributed by atoms with Crippen molar-refractivity contribution in [2.45, 2.75) is 32.2 Å². The number of hydrogen-bond donors (Lipinski definition) is 2. The highest BCUT2D eigenvalue weighted by atomic mass is 16.3. The van der Waals surface area contributed by atoms with Gasteiger partial charge in [-0.15, -0.1) is 6.58 Å². The molecule has 0 saturated heterocycles. The van der Waals surface area contributed by atoms with Crippen molar-refractivity contribution in [3.63, 3.8) is 0 Å². The van der Waals surface area contributed by atoms with Crippen LogP contribution in [-0.4, -0.2) is 23.7 Å². The van der Waals surface area contributed by atoms with Crippen LogP contribution >= 0.6 is 0 Å². The summed E-state index contributed by atoms with van der Waals surface area (Å²) < 4.78 is 0. The Morgan fingerprint density at radius 1 is 1.75 bits per heavy atom. The Balaban J connectivity index is 3.58. The maximum Gasteiger partial charge on any atom is 0.220 e. The van der Waals surface area contributed by atoms with Crippen molar-refractivity contribution in [2.75, 3.05) is 6.61 Å². The molecule has 1 unspecified atom stereocenters. The van der Waals surface area contributed by atoms with Crippen LogP contribution in [0.1, 0.15) is 26.2 Å². The zero-order valence-corrected chi connectivity index (χ0v) is 7.55. The fourth-order valence-electron chi connectivity index (χ4n) is 0.810. The normalized spacial score (nSPS) is 12.2. The lowest BCUT2D eigenvalue weighted by atomic mass is 10.2. The van der Waals surface area contributed by atoms with Gasteiger partial charge in [-0.2, -0.15) is 0 Å². The summed E-state index contributed by atoms with van der Waals surface area (Å²) >= 11 is 0. The summed E-state index contributed by atoms with van der Waals surface area (Å²) in [6.07, 6.45) is 3.61. The van der Waals surface area contributed by atoms with Gasteiger partial charge in [-0.25, -0.2) is 0 Å². The van der Waals surface area contributed by atoms with E-state index in [0.29, 0.717) is 12.8 Å². The van der Waals surface area contributed by atoms with Crippen molar-refractivity contribution in [1.82, 2.24) is 5.32 Å². The predicted octanol–water partition coefficient (Wildman–Crippen LogP) is 0.840. The molecule has 70 valence electrons. The van der Waals surface area contributed by atoms with Crippen LogP contribution in [0.25, 0.3) is 0 Å². The molecule has 0 aliphatic heterocycles. The largest absolute Gasteiger partial charge is 0.394 e. The van der Waals surface area contributed by atoms with Gasteiger partial charge in [0.05, 0.1) is 12.6 Å². The Morgan fingerprint density at radius 2 is 2.42 bits per heavy atom. The summed E-state index contributed by atoms with van der Waals surface area (Å²) in [4.78, 5) is 11.1. The monoisotopic (exact) mass is 171 g/mol. The van der Waals surface area contributed by atoms with E-state index in [-0.39, 0.29) is 18.6 Å². The Morgan fingerprint density at radius 3 is 2.83 bits per heavy atom. The molecule has 3 nitrogen and oxygen atoms in total. The standard InChI is InChI=1S/C9H17NO2/c1-3-5-6-9(12)10-8(4-2)7-11/h3,8,11H,1,4-7H2,2H3,(H,10,12). The molecule has 0 fully saturated rings. The third-order valence-corrected chi connectivity index (χ3v) is 1.65. The molecule has 0 aromatic carbocycles. The minimum atomic E-state index is -0.0951. The molecule has 0 aliphatic carbocycles. The van der Waals surface area contributed by atoms with E-state index in [1.54, 1.807) is 6.08 Å². The number of amides is 1. The Hall–Kier alpha value is -0.830. The number of rotatable bonds is 6. The number of hydrogen-bond acceptors (Lipinski definition) is 2.